The molecule has 1 N–H and O–H groups in total. The van der Waals surface area contributed by atoms with Crippen molar-refractivity contribution in [2.75, 3.05) is 11.9 Å². The predicted octanol–water partition coefficient (Wildman–Crippen LogP) is 2.10. The second-order valence-corrected chi connectivity index (χ2v) is 4.25. The number of benzene rings is 1. The van der Waals surface area contributed by atoms with Crippen LogP contribution < -0.4 is 5.32 Å². The number of nitrogens with zero attached hydrogens (tertiary/aromatic N) is 1. The summed E-state index contributed by atoms with van der Waals surface area (Å²) >= 11 is 0. The first-order chi connectivity index (χ1) is 9.97. The van der Waals surface area contributed by atoms with Crippen LogP contribution in [0.25, 0.3) is 0 Å². The normalized spacial score (nSPS) is 10.2. The van der Waals surface area contributed by atoms with Crippen molar-refractivity contribution in [3.8, 4) is 0 Å². The van der Waals surface area contributed by atoms with Gasteiger partial charge in [0.2, 0.25) is 0 Å². The third-order valence-corrected chi connectivity index (χ3v) is 2.69. The predicted molar refractivity (Wildman–Crippen MR) is 70.7 cm³/mol. The molecule has 0 atom stereocenters. The fraction of sp³-hybridized carbons (Fsp3) is 0.143. The number of halogens is 2. The number of carbonyl (C=O) groups excluding carboxylic acids is 2. The van der Waals surface area contributed by atoms with Crippen LogP contribution in [0.2, 0.25) is 0 Å². The van der Waals surface area contributed by atoms with Gasteiger partial charge in [0.15, 0.2) is 6.61 Å². The van der Waals surface area contributed by atoms with Crippen LogP contribution in [0.1, 0.15) is 10.5 Å². The summed E-state index contributed by atoms with van der Waals surface area (Å²) in [6, 6.07) is 5.85. The van der Waals surface area contributed by atoms with Crippen molar-refractivity contribution >= 4 is 17.6 Å². The van der Waals surface area contributed by atoms with Gasteiger partial charge in [0.05, 0.1) is 5.69 Å². The largest absolute Gasteiger partial charge is 0.451 e. The highest BCUT2D eigenvalue weighted by Crippen LogP contribution is 2.15. The van der Waals surface area contributed by atoms with E-state index < -0.39 is 30.1 Å². The maximum atomic E-state index is 13.3. The summed E-state index contributed by atoms with van der Waals surface area (Å²) in [5, 5.41) is 2.13. The molecule has 5 nitrogen and oxygen atoms in total. The van der Waals surface area contributed by atoms with Gasteiger partial charge in [-0.1, -0.05) is 0 Å². The first kappa shape index (κ1) is 14.7. The van der Waals surface area contributed by atoms with Gasteiger partial charge in [-0.2, -0.15) is 0 Å². The fourth-order valence-electron chi connectivity index (χ4n) is 1.66. The molecule has 0 fully saturated rings. The van der Waals surface area contributed by atoms with Gasteiger partial charge in [-0.3, -0.25) is 4.79 Å². The molecule has 1 aromatic heterocycles. The topological polar surface area (TPSA) is 60.3 Å². The van der Waals surface area contributed by atoms with Crippen molar-refractivity contribution in [1.29, 1.82) is 0 Å². The Labute approximate surface area is 119 Å². The maximum absolute atomic E-state index is 13.3. The molecule has 2 aromatic rings. The summed E-state index contributed by atoms with van der Waals surface area (Å²) in [5.41, 5.74) is -0.0327. The molecule has 2 rings (SSSR count). The van der Waals surface area contributed by atoms with Crippen LogP contribution in [-0.2, 0) is 16.6 Å². The van der Waals surface area contributed by atoms with Gasteiger partial charge in [0.1, 0.15) is 17.3 Å². The second kappa shape index (κ2) is 6.17. The summed E-state index contributed by atoms with van der Waals surface area (Å²) in [7, 11) is 1.65. The molecule has 0 bridgehead atoms. The number of anilines is 1. The molecule has 0 radical (unpaired) electrons. The van der Waals surface area contributed by atoms with Crippen molar-refractivity contribution in [2.24, 2.45) is 7.05 Å². The fourth-order valence-corrected chi connectivity index (χ4v) is 1.66. The van der Waals surface area contributed by atoms with Crippen LogP contribution in [0.3, 0.4) is 0 Å². The lowest BCUT2D eigenvalue weighted by Gasteiger charge is -2.08. The Kier molecular flexibility index (Phi) is 4.32. The average Bonchev–Trinajstić information content (AvgIpc) is 2.86. The van der Waals surface area contributed by atoms with Gasteiger partial charge in [-0.15, -0.1) is 0 Å². The first-order valence-electron chi connectivity index (χ1n) is 6.00. The molecule has 0 saturated carbocycles. The van der Waals surface area contributed by atoms with Crippen LogP contribution in [0.5, 0.6) is 0 Å². The quantitative estimate of drug-likeness (QED) is 0.878. The van der Waals surface area contributed by atoms with E-state index in [1.54, 1.807) is 19.3 Å². The van der Waals surface area contributed by atoms with Crippen molar-refractivity contribution in [1.82, 2.24) is 4.57 Å². The summed E-state index contributed by atoms with van der Waals surface area (Å²) in [6.45, 7) is -0.597. The molecule has 1 amide bonds. The Morgan fingerprint density at radius 3 is 2.71 bits per heavy atom. The number of nitrogens with one attached hydrogen (secondary N) is 1. The number of rotatable bonds is 4. The number of esters is 1. The van der Waals surface area contributed by atoms with Crippen LogP contribution >= 0.6 is 0 Å². The minimum absolute atomic E-state index is 0.278. The minimum atomic E-state index is -0.779. The van der Waals surface area contributed by atoms with E-state index in [1.165, 1.54) is 10.6 Å². The Bertz CT molecular complexity index is 683. The van der Waals surface area contributed by atoms with Crippen molar-refractivity contribution in [2.45, 2.75) is 0 Å². The van der Waals surface area contributed by atoms with E-state index in [9.17, 15) is 18.4 Å². The molecule has 7 heteroatoms. The number of aryl methyl sites for hydroxylation is 1. The van der Waals surface area contributed by atoms with Gasteiger partial charge in [0.25, 0.3) is 5.91 Å². The third-order valence-electron chi connectivity index (χ3n) is 2.69. The number of carbonyl (C=O) groups is 2. The standard InChI is InChI=1S/C14H12F2N2O3/c1-18-6-2-3-12(18)14(20)21-8-13(19)17-11-7-9(15)4-5-10(11)16/h2-7H,8H2,1H3,(H,17,19). The van der Waals surface area contributed by atoms with E-state index in [1.807, 2.05) is 0 Å². The molecular weight excluding hydrogens is 282 g/mol. The molecule has 1 aromatic carbocycles. The van der Waals surface area contributed by atoms with Gasteiger partial charge in [-0.05, 0) is 24.3 Å². The van der Waals surface area contributed by atoms with E-state index >= 15 is 0 Å². The third kappa shape index (κ3) is 3.65. The number of amides is 1. The highest BCUT2D eigenvalue weighted by Gasteiger charge is 2.14. The van der Waals surface area contributed by atoms with Crippen LogP contribution in [-0.4, -0.2) is 23.1 Å². The molecule has 0 aliphatic heterocycles. The molecule has 0 unspecified atom stereocenters. The Morgan fingerprint density at radius 1 is 1.29 bits per heavy atom. The van der Waals surface area contributed by atoms with E-state index in [-0.39, 0.29) is 11.4 Å². The van der Waals surface area contributed by atoms with E-state index in [2.05, 4.69) is 5.32 Å². The van der Waals surface area contributed by atoms with Gasteiger partial charge in [0, 0.05) is 19.3 Å². The second-order valence-electron chi connectivity index (χ2n) is 4.25. The molecule has 110 valence electrons. The molecule has 0 spiro atoms. The first-order valence-corrected chi connectivity index (χ1v) is 6.00. The highest BCUT2D eigenvalue weighted by molar-refractivity contribution is 5.95. The van der Waals surface area contributed by atoms with E-state index in [0.29, 0.717) is 0 Å². The average molecular weight is 294 g/mol. The SMILES string of the molecule is Cn1cccc1C(=O)OCC(=O)Nc1cc(F)ccc1F. The molecular formula is C14H12F2N2O3. The van der Waals surface area contributed by atoms with E-state index in [0.717, 1.165) is 18.2 Å². The highest BCUT2D eigenvalue weighted by atomic mass is 19.1. The van der Waals surface area contributed by atoms with Crippen molar-refractivity contribution < 1.29 is 23.1 Å². The summed E-state index contributed by atoms with van der Waals surface area (Å²) < 4.78 is 32.6. The Morgan fingerprint density at radius 2 is 2.05 bits per heavy atom. The minimum Gasteiger partial charge on any atom is -0.451 e. The number of hydrogen-bond donors (Lipinski definition) is 1. The lowest BCUT2D eigenvalue weighted by atomic mass is 10.3. The molecule has 1 heterocycles. The molecule has 0 saturated heterocycles. The Hall–Kier alpha value is -2.70. The van der Waals surface area contributed by atoms with Gasteiger partial charge >= 0.3 is 5.97 Å². The van der Waals surface area contributed by atoms with Crippen molar-refractivity contribution in [3.63, 3.8) is 0 Å². The van der Waals surface area contributed by atoms with Crippen LogP contribution in [0, 0.1) is 11.6 Å². The van der Waals surface area contributed by atoms with Crippen LogP contribution in [0.15, 0.2) is 36.5 Å². The Balaban J connectivity index is 1.92. The number of aromatic nitrogens is 1. The van der Waals surface area contributed by atoms with E-state index in [4.69, 9.17) is 4.74 Å². The summed E-state index contributed by atoms with van der Waals surface area (Å²) in [6.07, 6.45) is 1.65. The summed E-state index contributed by atoms with van der Waals surface area (Å²) in [4.78, 5) is 23.2. The maximum Gasteiger partial charge on any atom is 0.355 e. The molecule has 0 aliphatic carbocycles. The zero-order valence-electron chi connectivity index (χ0n) is 11.1. The number of hydrogen-bond acceptors (Lipinski definition) is 3. The van der Waals surface area contributed by atoms with Gasteiger partial charge < -0.3 is 14.6 Å². The number of ether oxygens (including phenoxy) is 1. The molecule has 0 aliphatic rings. The summed E-state index contributed by atoms with van der Waals surface area (Å²) in [5.74, 6) is -2.91. The monoisotopic (exact) mass is 294 g/mol. The van der Waals surface area contributed by atoms with Crippen LogP contribution in [0.4, 0.5) is 14.5 Å². The lowest BCUT2D eigenvalue weighted by Crippen LogP contribution is -2.22. The van der Waals surface area contributed by atoms with Crippen molar-refractivity contribution in [3.05, 3.63) is 53.9 Å². The molecule has 21 heavy (non-hydrogen) atoms. The zero-order chi connectivity index (χ0) is 15.4. The zero-order valence-corrected chi connectivity index (χ0v) is 11.1. The van der Waals surface area contributed by atoms with Gasteiger partial charge in [-0.25, -0.2) is 13.6 Å². The smallest absolute Gasteiger partial charge is 0.355 e. The lowest BCUT2D eigenvalue weighted by molar-refractivity contribution is -0.119.